The zero-order chi connectivity index (χ0) is 18.8. The number of carbonyl (C=O) groups is 1. The second kappa shape index (κ2) is 7.11. The summed E-state index contributed by atoms with van der Waals surface area (Å²) in [6, 6.07) is 3.78. The lowest BCUT2D eigenvalue weighted by Crippen LogP contribution is -2.27. The lowest BCUT2D eigenvalue weighted by Gasteiger charge is -2.17. The molecule has 136 valence electrons. The van der Waals surface area contributed by atoms with Crippen LogP contribution < -0.4 is 5.56 Å². The molecule has 0 aliphatic carbocycles. The number of aromatic amines is 1. The molecule has 7 nitrogen and oxygen atoms in total. The van der Waals surface area contributed by atoms with Gasteiger partial charge in [0, 0.05) is 50.4 Å². The van der Waals surface area contributed by atoms with Gasteiger partial charge in [-0.3, -0.25) is 19.3 Å². The van der Waals surface area contributed by atoms with Gasteiger partial charge in [0.05, 0.1) is 5.69 Å². The molecule has 3 heterocycles. The minimum Gasteiger partial charge on any atom is -0.341 e. The van der Waals surface area contributed by atoms with E-state index >= 15 is 0 Å². The van der Waals surface area contributed by atoms with Crippen LogP contribution >= 0.6 is 0 Å². The molecule has 7 heteroatoms. The topological polar surface area (TPSA) is 83.9 Å². The minimum absolute atomic E-state index is 0.00402. The highest BCUT2D eigenvalue weighted by Gasteiger charge is 2.17. The second-order valence-corrected chi connectivity index (χ2v) is 6.60. The van der Waals surface area contributed by atoms with Crippen molar-refractivity contribution in [3.05, 3.63) is 57.3 Å². The number of carbonyl (C=O) groups excluding carboxylic acids is 1. The molecule has 0 saturated heterocycles. The van der Waals surface area contributed by atoms with E-state index in [0.717, 1.165) is 22.2 Å². The van der Waals surface area contributed by atoms with Crippen molar-refractivity contribution >= 4 is 16.9 Å². The predicted octanol–water partition coefficient (Wildman–Crippen LogP) is 1.86. The number of nitrogens with one attached hydrogen (secondary N) is 1. The summed E-state index contributed by atoms with van der Waals surface area (Å²) in [6.07, 6.45) is 4.14. The van der Waals surface area contributed by atoms with Crippen LogP contribution in [0.15, 0.2) is 29.3 Å². The first-order valence-corrected chi connectivity index (χ1v) is 8.56. The molecule has 3 aromatic rings. The molecule has 0 bridgehead atoms. The smallest absolute Gasteiger partial charge is 0.253 e. The van der Waals surface area contributed by atoms with Crippen LogP contribution in [0.4, 0.5) is 0 Å². The number of nitrogens with zero attached hydrogens (tertiary/aromatic N) is 4. The molecule has 3 rings (SSSR count). The van der Waals surface area contributed by atoms with Gasteiger partial charge in [-0.1, -0.05) is 6.07 Å². The predicted molar refractivity (Wildman–Crippen MR) is 99.8 cm³/mol. The van der Waals surface area contributed by atoms with Crippen molar-refractivity contribution in [1.29, 1.82) is 0 Å². The molecule has 0 radical (unpaired) electrons. The number of rotatable bonds is 5. The molecular formula is C19H23N5O2. The van der Waals surface area contributed by atoms with Gasteiger partial charge in [-0.05, 0) is 37.5 Å². The van der Waals surface area contributed by atoms with E-state index in [1.54, 1.807) is 36.1 Å². The van der Waals surface area contributed by atoms with Gasteiger partial charge in [0.2, 0.25) is 5.91 Å². The van der Waals surface area contributed by atoms with Gasteiger partial charge in [0.15, 0.2) is 0 Å². The van der Waals surface area contributed by atoms with Crippen LogP contribution in [0, 0.1) is 13.8 Å². The lowest BCUT2D eigenvalue weighted by molar-refractivity contribution is -0.130. The Kier molecular flexibility index (Phi) is 4.88. The summed E-state index contributed by atoms with van der Waals surface area (Å²) >= 11 is 0. The Morgan fingerprint density at radius 2 is 2.12 bits per heavy atom. The number of hydrogen-bond donors (Lipinski definition) is 1. The largest absolute Gasteiger partial charge is 0.341 e. The van der Waals surface area contributed by atoms with Crippen molar-refractivity contribution in [2.24, 2.45) is 7.05 Å². The number of pyridine rings is 2. The first kappa shape index (κ1) is 17.8. The maximum absolute atomic E-state index is 12.5. The number of fused-ring (bicyclic) bond motifs is 1. The van der Waals surface area contributed by atoms with Crippen LogP contribution in [0.2, 0.25) is 0 Å². The molecule has 0 spiro atoms. The zero-order valence-corrected chi connectivity index (χ0v) is 15.5. The van der Waals surface area contributed by atoms with Crippen molar-refractivity contribution in [3.63, 3.8) is 0 Å². The Morgan fingerprint density at radius 3 is 2.81 bits per heavy atom. The maximum atomic E-state index is 12.5. The quantitative estimate of drug-likeness (QED) is 0.759. The van der Waals surface area contributed by atoms with Gasteiger partial charge in [-0.25, -0.2) is 0 Å². The third kappa shape index (κ3) is 3.37. The van der Waals surface area contributed by atoms with Crippen molar-refractivity contribution in [3.8, 4) is 0 Å². The van der Waals surface area contributed by atoms with E-state index < -0.39 is 0 Å². The van der Waals surface area contributed by atoms with Crippen LogP contribution in [0.1, 0.15) is 28.8 Å². The standard InChI is InChI=1S/C19H23N5O2/c1-12-15(19(26)21-18-17(12)13(2)22-24(18)4)7-8-16(25)23(3)11-14-6-5-9-20-10-14/h5-6,9-10H,7-8,11H2,1-4H3,(H,21,26). The van der Waals surface area contributed by atoms with E-state index in [9.17, 15) is 9.59 Å². The highest BCUT2D eigenvalue weighted by Crippen LogP contribution is 2.21. The first-order chi connectivity index (χ1) is 12.4. The number of H-pyrrole nitrogens is 1. The van der Waals surface area contributed by atoms with Gasteiger partial charge < -0.3 is 9.88 Å². The average Bonchev–Trinajstić information content (AvgIpc) is 2.89. The van der Waals surface area contributed by atoms with Gasteiger partial charge in [0.25, 0.3) is 5.56 Å². The summed E-state index contributed by atoms with van der Waals surface area (Å²) < 4.78 is 1.68. The maximum Gasteiger partial charge on any atom is 0.253 e. The fraction of sp³-hybridized carbons (Fsp3) is 0.368. The molecule has 0 unspecified atom stereocenters. The molecule has 0 fully saturated rings. The van der Waals surface area contributed by atoms with Crippen LogP contribution in [-0.2, 0) is 24.8 Å². The fourth-order valence-electron chi connectivity index (χ4n) is 3.33. The normalized spacial score (nSPS) is 11.1. The van der Waals surface area contributed by atoms with Crippen molar-refractivity contribution < 1.29 is 4.79 Å². The van der Waals surface area contributed by atoms with Crippen LogP contribution in [0.25, 0.3) is 11.0 Å². The molecule has 0 aromatic carbocycles. The van der Waals surface area contributed by atoms with Gasteiger partial charge in [-0.2, -0.15) is 5.10 Å². The van der Waals surface area contributed by atoms with Crippen LogP contribution in [0.5, 0.6) is 0 Å². The number of aryl methyl sites for hydroxylation is 3. The summed E-state index contributed by atoms with van der Waals surface area (Å²) in [7, 11) is 3.57. The van der Waals surface area contributed by atoms with Crippen molar-refractivity contribution in [2.45, 2.75) is 33.2 Å². The summed E-state index contributed by atoms with van der Waals surface area (Å²) in [5, 5.41) is 5.33. The zero-order valence-electron chi connectivity index (χ0n) is 15.5. The third-order valence-corrected chi connectivity index (χ3v) is 4.71. The molecular weight excluding hydrogens is 330 g/mol. The molecule has 0 atom stereocenters. The molecule has 26 heavy (non-hydrogen) atoms. The van der Waals surface area contributed by atoms with E-state index in [-0.39, 0.29) is 17.9 Å². The van der Waals surface area contributed by atoms with Gasteiger partial charge >= 0.3 is 0 Å². The van der Waals surface area contributed by atoms with E-state index in [0.29, 0.717) is 24.2 Å². The van der Waals surface area contributed by atoms with Crippen molar-refractivity contribution in [2.75, 3.05) is 7.05 Å². The lowest BCUT2D eigenvalue weighted by atomic mass is 10.0. The molecule has 0 aliphatic rings. The Labute approximate surface area is 151 Å². The third-order valence-electron chi connectivity index (χ3n) is 4.71. The second-order valence-electron chi connectivity index (χ2n) is 6.60. The Bertz CT molecular complexity index is 1000. The molecule has 1 N–H and O–H groups in total. The van der Waals surface area contributed by atoms with E-state index in [2.05, 4.69) is 15.1 Å². The molecule has 0 saturated carbocycles. The summed E-state index contributed by atoms with van der Waals surface area (Å²) in [4.78, 5) is 33.5. The van der Waals surface area contributed by atoms with Gasteiger partial charge in [0.1, 0.15) is 5.65 Å². The van der Waals surface area contributed by atoms with E-state index in [1.807, 2.05) is 26.0 Å². The molecule has 1 amide bonds. The first-order valence-electron chi connectivity index (χ1n) is 8.56. The number of hydrogen-bond acceptors (Lipinski definition) is 4. The Morgan fingerprint density at radius 1 is 1.35 bits per heavy atom. The van der Waals surface area contributed by atoms with Gasteiger partial charge in [-0.15, -0.1) is 0 Å². The Balaban J connectivity index is 1.76. The molecule has 3 aromatic heterocycles. The number of aromatic nitrogens is 4. The average molecular weight is 353 g/mol. The SMILES string of the molecule is Cc1nn(C)c2[nH]c(=O)c(CCC(=O)N(C)Cc3cccnc3)c(C)c12. The fourth-order valence-corrected chi connectivity index (χ4v) is 3.33. The minimum atomic E-state index is -0.152. The molecule has 0 aliphatic heterocycles. The number of amides is 1. The van der Waals surface area contributed by atoms with Crippen molar-refractivity contribution in [1.82, 2.24) is 24.6 Å². The van der Waals surface area contributed by atoms with E-state index in [4.69, 9.17) is 0 Å². The Hall–Kier alpha value is -2.96. The van der Waals surface area contributed by atoms with Crippen LogP contribution in [0.3, 0.4) is 0 Å². The highest BCUT2D eigenvalue weighted by atomic mass is 16.2. The van der Waals surface area contributed by atoms with E-state index in [1.165, 1.54) is 0 Å². The monoisotopic (exact) mass is 353 g/mol. The summed E-state index contributed by atoms with van der Waals surface area (Å²) in [5.74, 6) is -0.00402. The van der Waals surface area contributed by atoms with Crippen LogP contribution in [-0.4, -0.2) is 37.6 Å². The highest BCUT2D eigenvalue weighted by molar-refractivity contribution is 5.83. The summed E-state index contributed by atoms with van der Waals surface area (Å²) in [5.41, 5.74) is 3.96. The summed E-state index contributed by atoms with van der Waals surface area (Å²) in [6.45, 7) is 4.35.